The number of fused-ring (bicyclic) bond motifs is 8. The quantitative estimate of drug-likeness (QED) is 0.0100. The third kappa shape index (κ3) is 25.4. The number of phenolic OH excluding ortho intramolecular Hbond substituents is 2. The van der Waals surface area contributed by atoms with Crippen molar-refractivity contribution in [2.75, 3.05) is 142 Å². The summed E-state index contributed by atoms with van der Waals surface area (Å²) in [5, 5.41) is 52.5. The molecular weight excluding hydrogens is 1670 g/mol. The number of carbonyl (C=O) groups excluding carboxylic acids is 6. The lowest BCUT2D eigenvalue weighted by Crippen LogP contribution is -2.35. The van der Waals surface area contributed by atoms with Gasteiger partial charge in [0.05, 0.1) is 141 Å². The first-order chi connectivity index (χ1) is 63.3. The van der Waals surface area contributed by atoms with Crippen molar-refractivity contribution >= 4 is 80.7 Å². The maximum absolute atomic E-state index is 13.3. The van der Waals surface area contributed by atoms with E-state index in [9.17, 15) is 68.4 Å². The number of aromatic hydroxyl groups is 2. The molecule has 0 radical (unpaired) electrons. The van der Waals surface area contributed by atoms with Gasteiger partial charge in [-0.25, -0.2) is 9.59 Å². The molecule has 2 aliphatic carbocycles. The molecule has 0 saturated heterocycles. The van der Waals surface area contributed by atoms with Crippen molar-refractivity contribution in [3.05, 3.63) is 282 Å². The highest BCUT2D eigenvalue weighted by molar-refractivity contribution is 6.11. The lowest BCUT2D eigenvalue weighted by Gasteiger charge is -2.26. The number of ether oxygens (including phenoxy) is 8. The van der Waals surface area contributed by atoms with Crippen molar-refractivity contribution in [3.63, 3.8) is 0 Å². The Bertz CT molecular complexity index is 6300. The fraction of sp³-hybridized carbons (Fsp3) is 0.260. The van der Waals surface area contributed by atoms with Gasteiger partial charge in [-0.15, -0.1) is 0 Å². The van der Waals surface area contributed by atoms with E-state index in [1.165, 1.54) is 78.9 Å². The third-order valence-electron chi connectivity index (χ3n) is 20.8. The van der Waals surface area contributed by atoms with Gasteiger partial charge in [0.15, 0.2) is 10.9 Å². The highest BCUT2D eigenvalue weighted by atomic mass is 16.6. The molecule has 8 aromatic rings. The second-order valence-electron chi connectivity index (χ2n) is 29.7. The van der Waals surface area contributed by atoms with E-state index in [1.807, 2.05) is 97.1 Å². The monoisotopic (exact) mass is 1760 g/mol. The number of phenols is 2. The summed E-state index contributed by atoms with van der Waals surface area (Å²) < 4.78 is 56.0. The zero-order valence-electron chi connectivity index (χ0n) is 70.9. The van der Waals surface area contributed by atoms with Crippen molar-refractivity contribution < 1.29 is 106 Å². The molecule has 14 rings (SSSR count). The van der Waals surface area contributed by atoms with E-state index in [0.29, 0.717) is 118 Å². The number of hydrogen-bond donors (Lipinski definition) is 8. The Kier molecular flexibility index (Phi) is 33.4. The number of carboxylic acid groups (broad SMARTS) is 2. The predicted molar refractivity (Wildman–Crippen MR) is 482 cm³/mol. The Morgan fingerprint density at radius 2 is 0.708 bits per heavy atom. The largest absolute Gasteiger partial charge is 0.508 e. The number of anilines is 2. The van der Waals surface area contributed by atoms with E-state index < -0.39 is 23.8 Å². The zero-order chi connectivity index (χ0) is 91.1. The van der Waals surface area contributed by atoms with Crippen LogP contribution in [0.15, 0.2) is 225 Å². The van der Waals surface area contributed by atoms with E-state index in [1.54, 1.807) is 40.1 Å². The highest BCUT2D eigenvalue weighted by Gasteiger charge is 2.29. The lowest BCUT2D eigenvalue weighted by molar-refractivity contribution is -0.124. The van der Waals surface area contributed by atoms with Crippen molar-refractivity contribution in [3.8, 4) is 80.1 Å². The fourth-order valence-electron chi connectivity index (χ4n) is 14.5. The molecule has 0 fully saturated rings. The van der Waals surface area contributed by atoms with E-state index in [-0.39, 0.29) is 188 Å². The van der Waals surface area contributed by atoms with E-state index in [0.717, 1.165) is 44.8 Å². The van der Waals surface area contributed by atoms with Crippen LogP contribution in [-0.4, -0.2) is 200 Å². The molecule has 30 heteroatoms. The van der Waals surface area contributed by atoms with Gasteiger partial charge in [0.1, 0.15) is 34.2 Å². The molecule has 4 aliphatic heterocycles. The molecule has 0 aromatic heterocycles. The molecule has 30 nitrogen and oxygen atoms in total. The third-order valence-corrected chi connectivity index (χ3v) is 20.8. The van der Waals surface area contributed by atoms with Crippen LogP contribution in [-0.2, 0) is 70.2 Å². The van der Waals surface area contributed by atoms with Gasteiger partial charge in [-0.3, -0.25) is 38.4 Å². The van der Waals surface area contributed by atoms with E-state index in [2.05, 4.69) is 44.9 Å². The first-order valence-electron chi connectivity index (χ1n) is 42.2. The van der Waals surface area contributed by atoms with Gasteiger partial charge >= 0.3 is 11.9 Å². The minimum absolute atomic E-state index is 0.0625. The van der Waals surface area contributed by atoms with Gasteiger partial charge in [0.2, 0.25) is 23.6 Å². The van der Waals surface area contributed by atoms with E-state index in [4.69, 9.17) is 46.7 Å². The molecule has 0 unspecified atom stereocenters. The van der Waals surface area contributed by atoms with Crippen molar-refractivity contribution in [2.45, 2.75) is 38.8 Å². The molecule has 0 spiro atoms. The molecule has 0 bridgehead atoms. The molecular formula is C100H94N6O24. The maximum Gasteiger partial charge on any atom is 0.336 e. The van der Waals surface area contributed by atoms with Crippen LogP contribution in [0.5, 0.6) is 11.5 Å². The van der Waals surface area contributed by atoms with Gasteiger partial charge in [0, 0.05) is 143 Å². The molecule has 4 heterocycles. The molecule has 0 saturated carbocycles. The van der Waals surface area contributed by atoms with Crippen LogP contribution in [0.4, 0.5) is 11.4 Å². The molecule has 8 aromatic carbocycles. The Balaban J connectivity index is 0.000000222. The average molecular weight is 1760 g/mol. The van der Waals surface area contributed by atoms with Crippen LogP contribution < -0.4 is 41.9 Å². The Hall–Kier alpha value is -14.7. The normalized spacial score (nSPS) is 11.8. The number of nitrogens with zero attached hydrogens (tertiary/aromatic N) is 2. The number of rotatable bonds is 42. The van der Waals surface area contributed by atoms with Crippen LogP contribution in [0.1, 0.15) is 100 Å². The second kappa shape index (κ2) is 46.7. The molecule has 668 valence electrons. The molecule has 6 aliphatic rings. The summed E-state index contributed by atoms with van der Waals surface area (Å²) in [4.78, 5) is 130. The van der Waals surface area contributed by atoms with Gasteiger partial charge in [-0.1, -0.05) is 90.4 Å². The minimum atomic E-state index is -1.26. The second-order valence-corrected chi connectivity index (χ2v) is 29.7. The maximum atomic E-state index is 13.3. The number of benzene rings is 10. The van der Waals surface area contributed by atoms with E-state index >= 15 is 0 Å². The number of hydrogen-bond acceptors (Lipinski definition) is 22. The number of amides is 6. The average Bonchev–Trinajstić information content (AvgIpc) is 0.748. The summed E-state index contributed by atoms with van der Waals surface area (Å²) in [6, 6.07) is 56.5. The van der Waals surface area contributed by atoms with Crippen LogP contribution in [0.3, 0.4) is 0 Å². The number of carbonyl (C=O) groups is 8. The first-order valence-corrected chi connectivity index (χ1v) is 42.2. The van der Waals surface area contributed by atoms with Crippen LogP contribution in [0, 0.1) is 23.7 Å². The standard InChI is InChI=1S/2C50H47N3O12/c54-37-12-15-40-44(30-37)65-45-31-38(55)13-16-41(45)48(40)42-29-35(11-14-39(42)50(59)60)49(58)52-20-22-62-24-26-64-28-27-63-25-23-61-21-18-46(56)51-19-17-47(57)53-32-36-7-2-1-5-33(36)9-10-34-6-3-4-8-43(34)53;54-37-12-15-40-44(30-37)65-45-31-38(55)13-16-41(45)48(40)39-14-11-35(29-42(39)50(59)60)49(58)52-20-22-62-24-26-64-28-27-63-25-23-61-21-18-46(56)51-19-17-47(57)53-32-36-7-2-1-5-33(36)9-10-34-6-3-4-8-43(34)53/h2*1-8,11-16,29-31,54H,17-28,32H2,(H,51,56)(H,52,58)(H,59,60). The van der Waals surface area contributed by atoms with Crippen LogP contribution in [0.25, 0.3) is 66.8 Å². The highest BCUT2D eigenvalue weighted by Crippen LogP contribution is 2.45. The number of aromatic carboxylic acids is 2. The molecule has 8 N–H and O–H groups in total. The van der Waals surface area contributed by atoms with Crippen molar-refractivity contribution in [1.82, 2.24) is 21.3 Å². The summed E-state index contributed by atoms with van der Waals surface area (Å²) in [7, 11) is 0. The van der Waals surface area contributed by atoms with Crippen LogP contribution in [0.2, 0.25) is 0 Å². The van der Waals surface area contributed by atoms with Gasteiger partial charge in [-0.2, -0.15) is 0 Å². The summed E-state index contributed by atoms with van der Waals surface area (Å²) in [5.41, 5.74) is 9.20. The summed E-state index contributed by atoms with van der Waals surface area (Å²) in [6.45, 7) is 6.10. The first kappa shape index (κ1) is 93.0. The number of nitrogens with one attached hydrogen (secondary N) is 4. The molecule has 6 amide bonds. The smallest absolute Gasteiger partial charge is 0.336 e. The molecule has 130 heavy (non-hydrogen) atoms. The van der Waals surface area contributed by atoms with Gasteiger partial charge in [-0.05, 0) is 138 Å². The zero-order valence-corrected chi connectivity index (χ0v) is 70.9. The Morgan fingerprint density at radius 3 is 1.15 bits per heavy atom. The van der Waals surface area contributed by atoms with Gasteiger partial charge in [0.25, 0.3) is 11.8 Å². The lowest BCUT2D eigenvalue weighted by atomic mass is 9.89. The van der Waals surface area contributed by atoms with Crippen LogP contribution >= 0.6 is 0 Å². The Labute approximate surface area is 746 Å². The Morgan fingerprint density at radius 1 is 0.338 bits per heavy atom. The van der Waals surface area contributed by atoms with Crippen molar-refractivity contribution in [2.24, 2.45) is 0 Å². The summed E-state index contributed by atoms with van der Waals surface area (Å²) >= 11 is 0. The topological polar surface area (TPSA) is 406 Å². The summed E-state index contributed by atoms with van der Waals surface area (Å²) in [6.07, 6.45) is 0.575. The molecule has 0 atom stereocenters. The number of para-hydroxylation sites is 2. The minimum Gasteiger partial charge on any atom is -0.508 e. The fourth-order valence-corrected chi connectivity index (χ4v) is 14.5. The van der Waals surface area contributed by atoms with Gasteiger partial charge < -0.3 is 98.2 Å². The number of carboxylic acids is 2. The predicted octanol–water partition coefficient (Wildman–Crippen LogP) is 11.2. The van der Waals surface area contributed by atoms with Crippen molar-refractivity contribution in [1.29, 1.82) is 0 Å². The SMILES string of the molecule is O=C(CCOCCOCCOCCOCCNC(=O)c1ccc(-c2c3ccc(=O)cc-3oc3cc(O)ccc23)c(C(=O)O)c1)NCCC(=O)N1Cc2ccccc2C#Cc2ccccc21.O=C(CCOCCOCCOCCOCCNC(=O)c1ccc(C(=O)O)c(-c2c3ccc(=O)cc-3oc3cc(O)ccc23)c1)NCCC(=O)N1Cc2ccccc2C#Cc2ccccc21. The summed E-state index contributed by atoms with van der Waals surface area (Å²) in [5.74, 6) is 9.02.